The molecule has 0 aromatic heterocycles. The standard InChI is InChI=1S/C18H23N3O4S/c22-17(15-2-1-9-23-15)20-5-7-21(8-6-20)18(26)19-11-13-3-4-14-16(10-13)25-12-24-14/h3-4,10,15H,1-2,5-9,11-12H2,(H,19,26)/t15-/m0/s1. The van der Waals surface area contributed by atoms with Crippen LogP contribution >= 0.6 is 12.2 Å². The summed E-state index contributed by atoms with van der Waals surface area (Å²) in [6.45, 7) is 4.46. The first-order chi connectivity index (χ1) is 12.7. The molecule has 0 unspecified atom stereocenters. The third-order valence-electron chi connectivity index (χ3n) is 4.96. The van der Waals surface area contributed by atoms with Gasteiger partial charge < -0.3 is 29.3 Å². The highest BCUT2D eigenvalue weighted by atomic mass is 32.1. The minimum absolute atomic E-state index is 0.126. The predicted octanol–water partition coefficient (Wildman–Crippen LogP) is 1.11. The highest BCUT2D eigenvalue weighted by Crippen LogP contribution is 2.32. The average Bonchev–Trinajstić information content (AvgIpc) is 3.37. The first-order valence-corrected chi connectivity index (χ1v) is 9.43. The van der Waals surface area contributed by atoms with Gasteiger partial charge in [-0.25, -0.2) is 0 Å². The molecule has 3 aliphatic heterocycles. The quantitative estimate of drug-likeness (QED) is 0.792. The van der Waals surface area contributed by atoms with Crippen LogP contribution in [0.4, 0.5) is 0 Å². The smallest absolute Gasteiger partial charge is 0.251 e. The van der Waals surface area contributed by atoms with Gasteiger partial charge in [0.2, 0.25) is 6.79 Å². The molecule has 3 aliphatic rings. The molecule has 1 atom stereocenters. The second kappa shape index (κ2) is 7.67. The van der Waals surface area contributed by atoms with Crippen molar-refractivity contribution in [1.82, 2.24) is 15.1 Å². The molecule has 0 spiro atoms. The van der Waals surface area contributed by atoms with Crippen LogP contribution in [0.15, 0.2) is 18.2 Å². The van der Waals surface area contributed by atoms with E-state index in [2.05, 4.69) is 10.2 Å². The van der Waals surface area contributed by atoms with Gasteiger partial charge in [0.25, 0.3) is 5.91 Å². The number of thiocarbonyl (C=S) groups is 1. The number of hydrogen-bond acceptors (Lipinski definition) is 5. The fourth-order valence-electron chi connectivity index (χ4n) is 3.45. The fourth-order valence-corrected chi connectivity index (χ4v) is 3.70. The van der Waals surface area contributed by atoms with E-state index in [0.29, 0.717) is 31.4 Å². The number of ether oxygens (including phenoxy) is 3. The highest BCUT2D eigenvalue weighted by molar-refractivity contribution is 7.80. The maximum Gasteiger partial charge on any atom is 0.251 e. The van der Waals surface area contributed by atoms with Crippen molar-refractivity contribution in [2.24, 2.45) is 0 Å². The Morgan fingerprint density at radius 3 is 2.69 bits per heavy atom. The number of piperazine rings is 1. The van der Waals surface area contributed by atoms with Gasteiger partial charge in [-0.1, -0.05) is 6.07 Å². The molecule has 0 saturated carbocycles. The second-order valence-electron chi connectivity index (χ2n) is 6.66. The molecule has 3 heterocycles. The summed E-state index contributed by atoms with van der Waals surface area (Å²) in [5.74, 6) is 1.68. The van der Waals surface area contributed by atoms with Crippen molar-refractivity contribution in [1.29, 1.82) is 0 Å². The summed E-state index contributed by atoms with van der Waals surface area (Å²) in [5.41, 5.74) is 1.09. The first kappa shape index (κ1) is 17.4. The molecule has 4 rings (SSSR count). The number of amides is 1. The van der Waals surface area contributed by atoms with Gasteiger partial charge in [0.15, 0.2) is 16.6 Å². The number of carbonyl (C=O) groups is 1. The summed E-state index contributed by atoms with van der Waals surface area (Å²) in [7, 11) is 0. The Labute approximate surface area is 158 Å². The predicted molar refractivity (Wildman–Crippen MR) is 99.1 cm³/mol. The van der Waals surface area contributed by atoms with E-state index < -0.39 is 0 Å². The van der Waals surface area contributed by atoms with Gasteiger partial charge in [0.1, 0.15) is 6.10 Å². The Morgan fingerprint density at radius 1 is 1.15 bits per heavy atom. The lowest BCUT2D eigenvalue weighted by Crippen LogP contribution is -2.54. The van der Waals surface area contributed by atoms with Gasteiger partial charge in [-0.2, -0.15) is 0 Å². The van der Waals surface area contributed by atoms with Crippen LogP contribution in [0.25, 0.3) is 0 Å². The molecule has 8 heteroatoms. The first-order valence-electron chi connectivity index (χ1n) is 9.02. The zero-order valence-corrected chi connectivity index (χ0v) is 15.4. The van der Waals surface area contributed by atoms with Crippen molar-refractivity contribution in [3.8, 4) is 11.5 Å². The molecule has 1 aromatic carbocycles. The fraction of sp³-hybridized carbons (Fsp3) is 0.556. The zero-order chi connectivity index (χ0) is 17.9. The van der Waals surface area contributed by atoms with Gasteiger partial charge in [-0.15, -0.1) is 0 Å². The highest BCUT2D eigenvalue weighted by Gasteiger charge is 2.30. The number of fused-ring (bicyclic) bond motifs is 1. The summed E-state index contributed by atoms with van der Waals surface area (Å²) >= 11 is 5.51. The van der Waals surface area contributed by atoms with Crippen molar-refractivity contribution in [2.75, 3.05) is 39.6 Å². The zero-order valence-electron chi connectivity index (χ0n) is 14.6. The van der Waals surface area contributed by atoms with E-state index >= 15 is 0 Å². The van der Waals surface area contributed by atoms with Crippen LogP contribution in [-0.2, 0) is 16.1 Å². The number of nitrogens with zero attached hydrogens (tertiary/aromatic N) is 2. The topological polar surface area (TPSA) is 63.3 Å². The molecule has 1 N–H and O–H groups in total. The molecular weight excluding hydrogens is 354 g/mol. The summed E-state index contributed by atoms with van der Waals surface area (Å²) in [5, 5.41) is 4.01. The van der Waals surface area contributed by atoms with Crippen molar-refractivity contribution in [2.45, 2.75) is 25.5 Å². The van der Waals surface area contributed by atoms with E-state index in [1.165, 1.54) is 0 Å². The van der Waals surface area contributed by atoms with Gasteiger partial charge in [0, 0.05) is 39.3 Å². The van der Waals surface area contributed by atoms with E-state index in [4.69, 9.17) is 26.4 Å². The van der Waals surface area contributed by atoms with Crippen molar-refractivity contribution < 1.29 is 19.0 Å². The molecule has 140 valence electrons. The third kappa shape index (κ3) is 3.71. The number of rotatable bonds is 3. The number of hydrogen-bond donors (Lipinski definition) is 1. The molecule has 0 radical (unpaired) electrons. The molecule has 2 saturated heterocycles. The maximum absolute atomic E-state index is 12.4. The Kier molecular flexibility index (Phi) is 5.12. The van der Waals surface area contributed by atoms with Crippen molar-refractivity contribution in [3.63, 3.8) is 0 Å². The number of nitrogens with one attached hydrogen (secondary N) is 1. The van der Waals surface area contributed by atoms with E-state index in [1.54, 1.807) is 0 Å². The monoisotopic (exact) mass is 377 g/mol. The summed E-state index contributed by atoms with van der Waals surface area (Å²) < 4.78 is 16.2. The van der Waals surface area contributed by atoms with E-state index in [9.17, 15) is 4.79 Å². The third-order valence-corrected chi connectivity index (χ3v) is 5.37. The van der Waals surface area contributed by atoms with Crippen LogP contribution in [0.2, 0.25) is 0 Å². The molecule has 26 heavy (non-hydrogen) atoms. The van der Waals surface area contributed by atoms with Gasteiger partial charge in [0.05, 0.1) is 0 Å². The van der Waals surface area contributed by atoms with Gasteiger partial charge in [-0.3, -0.25) is 4.79 Å². The van der Waals surface area contributed by atoms with Crippen molar-refractivity contribution >= 4 is 23.2 Å². The molecular formula is C18H23N3O4S. The van der Waals surface area contributed by atoms with Crippen LogP contribution in [0.1, 0.15) is 18.4 Å². The van der Waals surface area contributed by atoms with Crippen LogP contribution in [0, 0.1) is 0 Å². The summed E-state index contributed by atoms with van der Waals surface area (Å²) in [4.78, 5) is 16.4. The molecule has 0 bridgehead atoms. The van der Waals surface area contributed by atoms with Gasteiger partial charge in [-0.05, 0) is 42.8 Å². The van der Waals surface area contributed by atoms with E-state index in [0.717, 1.165) is 43.0 Å². The summed E-state index contributed by atoms with van der Waals surface area (Å²) in [6, 6.07) is 5.88. The average molecular weight is 377 g/mol. The lowest BCUT2D eigenvalue weighted by molar-refractivity contribution is -0.142. The van der Waals surface area contributed by atoms with Crippen LogP contribution < -0.4 is 14.8 Å². The largest absolute Gasteiger partial charge is 0.454 e. The molecule has 0 aliphatic carbocycles. The summed E-state index contributed by atoms with van der Waals surface area (Å²) in [6.07, 6.45) is 1.58. The minimum Gasteiger partial charge on any atom is -0.454 e. The SMILES string of the molecule is O=C([C@@H]1CCCO1)N1CCN(C(=S)NCc2ccc3c(c2)OCO3)CC1. The van der Waals surface area contributed by atoms with Crippen LogP contribution in [0.5, 0.6) is 11.5 Å². The molecule has 7 nitrogen and oxygen atoms in total. The Morgan fingerprint density at radius 2 is 1.92 bits per heavy atom. The van der Waals surface area contributed by atoms with E-state index in [1.807, 2.05) is 23.1 Å². The normalized spacial score (nSPS) is 21.8. The van der Waals surface area contributed by atoms with Gasteiger partial charge >= 0.3 is 0 Å². The second-order valence-corrected chi connectivity index (χ2v) is 7.05. The lowest BCUT2D eigenvalue weighted by Gasteiger charge is -2.37. The van der Waals surface area contributed by atoms with E-state index in [-0.39, 0.29) is 18.8 Å². The number of carbonyl (C=O) groups excluding carboxylic acids is 1. The van der Waals surface area contributed by atoms with Crippen LogP contribution in [0.3, 0.4) is 0 Å². The Balaban J connectivity index is 1.24. The molecule has 2 fully saturated rings. The minimum atomic E-state index is -0.238. The maximum atomic E-state index is 12.4. The molecule has 1 amide bonds. The lowest BCUT2D eigenvalue weighted by atomic mass is 10.2. The Bertz CT molecular complexity index is 685. The molecule has 1 aromatic rings. The van der Waals surface area contributed by atoms with Crippen molar-refractivity contribution in [3.05, 3.63) is 23.8 Å². The Hall–Kier alpha value is -2.06. The van der Waals surface area contributed by atoms with Crippen LogP contribution in [-0.4, -0.2) is 66.5 Å². The number of benzene rings is 1.